The van der Waals surface area contributed by atoms with Crippen molar-refractivity contribution in [3.63, 3.8) is 0 Å². The normalized spacial score (nSPS) is 18.3. The van der Waals surface area contributed by atoms with E-state index in [4.69, 9.17) is 4.74 Å². The van der Waals surface area contributed by atoms with Crippen LogP contribution >= 0.6 is 0 Å². The van der Waals surface area contributed by atoms with Gasteiger partial charge in [0.25, 0.3) is 11.8 Å². The van der Waals surface area contributed by atoms with Gasteiger partial charge in [-0.1, -0.05) is 18.2 Å². The molecule has 1 heterocycles. The van der Waals surface area contributed by atoms with Gasteiger partial charge < -0.3 is 15.0 Å². The maximum Gasteiger partial charge on any atom is 0.262 e. The van der Waals surface area contributed by atoms with Crippen molar-refractivity contribution in [1.82, 2.24) is 5.32 Å². The number of likely N-dealkylation sites (N-methyl/N-ethyl adjacent to an activating group) is 1. The smallest absolute Gasteiger partial charge is 0.262 e. The van der Waals surface area contributed by atoms with Crippen LogP contribution in [0.15, 0.2) is 42.5 Å². The van der Waals surface area contributed by atoms with Crippen molar-refractivity contribution in [3.05, 3.63) is 59.2 Å². The van der Waals surface area contributed by atoms with E-state index in [1.165, 1.54) is 24.0 Å². The first-order chi connectivity index (χ1) is 12.7. The number of hydrogen-bond donors (Lipinski definition) is 1. The number of benzene rings is 2. The van der Waals surface area contributed by atoms with E-state index in [0.717, 1.165) is 12.8 Å². The van der Waals surface area contributed by atoms with E-state index >= 15 is 0 Å². The first kappa shape index (κ1) is 16.6. The van der Waals surface area contributed by atoms with E-state index in [1.807, 2.05) is 30.3 Å². The van der Waals surface area contributed by atoms with E-state index in [2.05, 4.69) is 11.4 Å². The molecule has 2 aromatic rings. The Kier molecular flexibility index (Phi) is 4.37. The molecule has 0 bridgehead atoms. The number of amides is 2. The van der Waals surface area contributed by atoms with E-state index in [9.17, 15) is 9.59 Å². The molecule has 5 nitrogen and oxygen atoms in total. The Hall–Kier alpha value is -2.82. The number of carbonyl (C=O) groups excluding carboxylic acids is 2. The van der Waals surface area contributed by atoms with Crippen molar-refractivity contribution in [1.29, 1.82) is 0 Å². The fourth-order valence-corrected chi connectivity index (χ4v) is 3.75. The minimum atomic E-state index is -0.712. The Morgan fingerprint density at radius 3 is 2.65 bits per heavy atom. The number of rotatable bonds is 2. The lowest BCUT2D eigenvalue weighted by Crippen LogP contribution is -2.50. The molecule has 0 radical (unpaired) electrons. The van der Waals surface area contributed by atoms with Crippen LogP contribution in [0.2, 0.25) is 0 Å². The first-order valence-electron chi connectivity index (χ1n) is 9.08. The zero-order valence-electron chi connectivity index (χ0n) is 14.8. The Morgan fingerprint density at radius 2 is 1.85 bits per heavy atom. The van der Waals surface area contributed by atoms with Crippen molar-refractivity contribution in [2.45, 2.75) is 31.8 Å². The number of para-hydroxylation sites is 2. The number of fused-ring (bicyclic) bond motifs is 2. The molecule has 0 unspecified atom stereocenters. The third-order valence-corrected chi connectivity index (χ3v) is 5.15. The summed E-state index contributed by atoms with van der Waals surface area (Å²) >= 11 is 0. The quantitative estimate of drug-likeness (QED) is 0.906. The van der Waals surface area contributed by atoms with Gasteiger partial charge >= 0.3 is 0 Å². The van der Waals surface area contributed by atoms with Crippen molar-refractivity contribution >= 4 is 17.5 Å². The third-order valence-electron chi connectivity index (χ3n) is 5.15. The number of nitrogens with one attached hydrogen (secondary N) is 1. The molecule has 26 heavy (non-hydrogen) atoms. The number of ether oxygens (including phenoxy) is 1. The summed E-state index contributed by atoms with van der Waals surface area (Å²) in [7, 11) is 1.57. The number of carbonyl (C=O) groups is 2. The average molecular weight is 350 g/mol. The van der Waals surface area contributed by atoms with Crippen LogP contribution in [0.4, 0.5) is 5.69 Å². The predicted octanol–water partition coefficient (Wildman–Crippen LogP) is 2.72. The van der Waals surface area contributed by atoms with Gasteiger partial charge in [-0.3, -0.25) is 9.59 Å². The first-order valence-corrected chi connectivity index (χ1v) is 9.08. The highest BCUT2D eigenvalue weighted by Crippen LogP contribution is 2.34. The standard InChI is InChI=1S/C21H22N2O3/c1-22-20(24)19-13-23(17-8-4-5-9-18(17)26-19)21(25)16-11-10-14-6-2-3-7-15(14)12-16/h4-5,8-12,19H,2-3,6-7,13H2,1H3,(H,22,24)/t19-/m0/s1. The number of anilines is 1. The zero-order chi connectivity index (χ0) is 18.1. The fraction of sp³-hybridized carbons (Fsp3) is 0.333. The van der Waals surface area contributed by atoms with E-state index in [0.29, 0.717) is 17.0 Å². The van der Waals surface area contributed by atoms with Gasteiger partial charge in [-0.15, -0.1) is 0 Å². The van der Waals surface area contributed by atoms with E-state index in [-0.39, 0.29) is 18.4 Å². The zero-order valence-corrected chi connectivity index (χ0v) is 14.8. The van der Waals surface area contributed by atoms with Gasteiger partial charge in [0.2, 0.25) is 0 Å². The second-order valence-corrected chi connectivity index (χ2v) is 6.79. The third kappa shape index (κ3) is 2.94. The molecule has 2 amide bonds. The molecule has 2 aliphatic rings. The molecule has 4 rings (SSSR count). The maximum absolute atomic E-state index is 13.2. The second kappa shape index (κ2) is 6.83. The highest BCUT2D eigenvalue weighted by atomic mass is 16.5. The van der Waals surface area contributed by atoms with Gasteiger partial charge in [0.1, 0.15) is 5.75 Å². The lowest BCUT2D eigenvalue weighted by molar-refractivity contribution is -0.127. The van der Waals surface area contributed by atoms with Crippen LogP contribution < -0.4 is 15.0 Å². The van der Waals surface area contributed by atoms with Crippen LogP contribution in [0, 0.1) is 0 Å². The summed E-state index contributed by atoms with van der Waals surface area (Å²) in [4.78, 5) is 27.0. The minimum absolute atomic E-state index is 0.0944. The van der Waals surface area contributed by atoms with Crippen LogP contribution in [0.5, 0.6) is 5.75 Å². The molecule has 0 spiro atoms. The molecule has 0 fully saturated rings. The Bertz CT molecular complexity index is 862. The fourth-order valence-electron chi connectivity index (χ4n) is 3.75. The van der Waals surface area contributed by atoms with Crippen LogP contribution in [0.1, 0.15) is 34.3 Å². The maximum atomic E-state index is 13.2. The minimum Gasteiger partial charge on any atom is -0.477 e. The van der Waals surface area contributed by atoms with Crippen molar-refractivity contribution in [2.24, 2.45) is 0 Å². The molecule has 0 saturated heterocycles. The van der Waals surface area contributed by atoms with Gasteiger partial charge in [0.15, 0.2) is 6.10 Å². The monoisotopic (exact) mass is 350 g/mol. The van der Waals surface area contributed by atoms with Crippen molar-refractivity contribution in [3.8, 4) is 5.75 Å². The second-order valence-electron chi connectivity index (χ2n) is 6.79. The molecule has 1 aliphatic heterocycles. The topological polar surface area (TPSA) is 58.6 Å². The molecule has 0 saturated carbocycles. The summed E-state index contributed by atoms with van der Waals surface area (Å²) in [6.07, 6.45) is 3.78. The summed E-state index contributed by atoms with van der Waals surface area (Å²) in [5.41, 5.74) is 3.98. The molecule has 2 aromatic carbocycles. The van der Waals surface area contributed by atoms with Crippen molar-refractivity contribution < 1.29 is 14.3 Å². The summed E-state index contributed by atoms with van der Waals surface area (Å²) in [6, 6.07) is 13.3. The molecule has 1 atom stereocenters. The molecule has 1 N–H and O–H groups in total. The summed E-state index contributed by atoms with van der Waals surface area (Å²) in [5.74, 6) is 0.226. The van der Waals surface area contributed by atoms with Crippen LogP contribution in [-0.2, 0) is 17.6 Å². The predicted molar refractivity (Wildman–Crippen MR) is 99.7 cm³/mol. The number of hydrogen-bond acceptors (Lipinski definition) is 3. The molecular formula is C21H22N2O3. The van der Waals surface area contributed by atoms with E-state index in [1.54, 1.807) is 18.0 Å². The van der Waals surface area contributed by atoms with E-state index < -0.39 is 6.10 Å². The van der Waals surface area contributed by atoms with Gasteiger partial charge in [0.05, 0.1) is 12.2 Å². The summed E-state index contributed by atoms with van der Waals surface area (Å²) < 4.78 is 5.79. The highest BCUT2D eigenvalue weighted by molar-refractivity contribution is 6.08. The lowest BCUT2D eigenvalue weighted by Gasteiger charge is -2.34. The molecule has 0 aromatic heterocycles. The summed E-state index contributed by atoms with van der Waals surface area (Å²) in [6.45, 7) is 0.201. The van der Waals surface area contributed by atoms with Gasteiger partial charge in [-0.2, -0.15) is 0 Å². The van der Waals surface area contributed by atoms with Gasteiger partial charge in [0, 0.05) is 12.6 Å². The lowest BCUT2D eigenvalue weighted by atomic mass is 9.90. The van der Waals surface area contributed by atoms with Gasteiger partial charge in [-0.05, 0) is 61.1 Å². The van der Waals surface area contributed by atoms with Crippen LogP contribution in [-0.4, -0.2) is 31.5 Å². The summed E-state index contributed by atoms with van der Waals surface area (Å²) in [5, 5.41) is 2.60. The SMILES string of the molecule is CNC(=O)[C@@H]1CN(C(=O)c2ccc3c(c2)CCCC3)c2ccccc2O1. The largest absolute Gasteiger partial charge is 0.477 e. The Labute approximate surface area is 153 Å². The highest BCUT2D eigenvalue weighted by Gasteiger charge is 2.33. The molecule has 5 heteroatoms. The van der Waals surface area contributed by atoms with Crippen molar-refractivity contribution in [2.75, 3.05) is 18.5 Å². The average Bonchev–Trinajstić information content (AvgIpc) is 2.71. The number of aryl methyl sites for hydroxylation is 2. The molecule has 1 aliphatic carbocycles. The molecular weight excluding hydrogens is 328 g/mol. The Morgan fingerprint density at radius 1 is 1.08 bits per heavy atom. The van der Waals surface area contributed by atoms with Crippen LogP contribution in [0.25, 0.3) is 0 Å². The molecule has 134 valence electrons. The Balaban J connectivity index is 1.69. The van der Waals surface area contributed by atoms with Crippen LogP contribution in [0.3, 0.4) is 0 Å². The number of nitrogens with zero attached hydrogens (tertiary/aromatic N) is 1. The van der Waals surface area contributed by atoms with Gasteiger partial charge in [-0.25, -0.2) is 0 Å².